The number of fused-ring (bicyclic) bond motifs is 2. The lowest BCUT2D eigenvalue weighted by Crippen LogP contribution is -2.29. The lowest BCUT2D eigenvalue weighted by Gasteiger charge is -2.36. The molecular weight excluding hydrogens is 320 g/mol. The molecule has 0 aliphatic heterocycles. The van der Waals surface area contributed by atoms with Gasteiger partial charge in [0.2, 0.25) is 0 Å². The number of rotatable bonds is 3. The smallest absolute Gasteiger partial charge is 0.181 e. The van der Waals surface area contributed by atoms with Crippen molar-refractivity contribution in [2.24, 2.45) is 10.8 Å². The lowest BCUT2D eigenvalue weighted by atomic mass is 9.67. The maximum absolute atomic E-state index is 12.8. The lowest BCUT2D eigenvalue weighted by molar-refractivity contribution is 0.0857. The third-order valence-corrected chi connectivity index (χ3v) is 6.04. The molecule has 0 N–H and O–H groups in total. The Balaban J connectivity index is 1.52. The Labute approximate surface area is 155 Å². The minimum atomic E-state index is 0.0656. The summed E-state index contributed by atoms with van der Waals surface area (Å²) < 4.78 is 0. The quantitative estimate of drug-likeness (QED) is 0.596. The number of ketones is 1. The van der Waals surface area contributed by atoms with Crippen molar-refractivity contribution in [2.75, 3.05) is 0 Å². The number of carbonyl (C=O) groups excluding carboxylic acids is 1. The molecule has 2 atom stereocenters. The summed E-state index contributed by atoms with van der Waals surface area (Å²) in [6, 6.07) is 11.5. The van der Waals surface area contributed by atoms with Crippen molar-refractivity contribution in [2.45, 2.75) is 51.9 Å². The van der Waals surface area contributed by atoms with E-state index in [0.717, 1.165) is 49.9 Å². The molecule has 0 amide bonds. The Morgan fingerprint density at radius 2 is 2.04 bits per heavy atom. The van der Waals surface area contributed by atoms with Gasteiger partial charge in [0.15, 0.2) is 5.78 Å². The molecule has 4 rings (SSSR count). The molecular formula is C23H24N2O. The maximum Gasteiger partial charge on any atom is 0.181 e. The van der Waals surface area contributed by atoms with E-state index in [9.17, 15) is 4.79 Å². The highest BCUT2D eigenvalue weighted by Gasteiger charge is 2.51. The molecule has 2 aromatic rings. The standard InChI is InChI=1S/C23H24N2O/c1-18-6-4-8-20(25-18)21(26)16-23-11-5-10-22(17-23,13-14-23)12-9-19-7-2-3-15-24-19/h2-4,6-8,15H,5,10-11,13-14,16-17H2,1H3. The second kappa shape index (κ2) is 6.68. The van der Waals surface area contributed by atoms with E-state index in [1.807, 2.05) is 43.3 Å². The van der Waals surface area contributed by atoms with Crippen LogP contribution in [0.15, 0.2) is 42.6 Å². The molecule has 0 radical (unpaired) electrons. The third kappa shape index (κ3) is 3.42. The fourth-order valence-corrected chi connectivity index (χ4v) is 4.80. The first-order chi connectivity index (χ1) is 12.6. The summed E-state index contributed by atoms with van der Waals surface area (Å²) in [5, 5.41) is 0. The van der Waals surface area contributed by atoms with E-state index < -0.39 is 0 Å². The van der Waals surface area contributed by atoms with Crippen LogP contribution < -0.4 is 0 Å². The van der Waals surface area contributed by atoms with E-state index >= 15 is 0 Å². The zero-order chi connectivity index (χ0) is 18.0. The Hall–Kier alpha value is -2.47. The van der Waals surface area contributed by atoms with Crippen LogP contribution in [0.25, 0.3) is 0 Å². The SMILES string of the molecule is Cc1cccc(C(=O)CC23CCCC(C#Cc4ccccn4)(CC2)C3)n1. The first-order valence-electron chi connectivity index (χ1n) is 9.49. The van der Waals surface area contributed by atoms with Gasteiger partial charge in [-0.3, -0.25) is 9.78 Å². The molecule has 2 aliphatic rings. The fourth-order valence-electron chi connectivity index (χ4n) is 4.80. The van der Waals surface area contributed by atoms with E-state index in [-0.39, 0.29) is 16.6 Å². The zero-order valence-corrected chi connectivity index (χ0v) is 15.3. The summed E-state index contributed by atoms with van der Waals surface area (Å²) in [5.74, 6) is 7.02. The zero-order valence-electron chi connectivity index (χ0n) is 15.3. The van der Waals surface area contributed by atoms with Gasteiger partial charge in [-0.15, -0.1) is 0 Å². The Morgan fingerprint density at radius 3 is 2.85 bits per heavy atom. The van der Waals surface area contributed by atoms with E-state index in [4.69, 9.17) is 0 Å². The van der Waals surface area contributed by atoms with Crippen LogP contribution in [-0.2, 0) is 0 Å². The van der Waals surface area contributed by atoms with E-state index in [0.29, 0.717) is 12.1 Å². The summed E-state index contributed by atoms with van der Waals surface area (Å²) in [6.07, 6.45) is 9.07. The summed E-state index contributed by atoms with van der Waals surface area (Å²) in [5.41, 5.74) is 2.53. The van der Waals surface area contributed by atoms with Crippen LogP contribution in [-0.4, -0.2) is 15.8 Å². The molecule has 26 heavy (non-hydrogen) atoms. The van der Waals surface area contributed by atoms with Crippen LogP contribution >= 0.6 is 0 Å². The molecule has 3 nitrogen and oxygen atoms in total. The van der Waals surface area contributed by atoms with Crippen molar-refractivity contribution >= 4 is 5.78 Å². The van der Waals surface area contributed by atoms with Gasteiger partial charge in [0.1, 0.15) is 11.4 Å². The highest BCUT2D eigenvalue weighted by Crippen LogP contribution is 2.60. The van der Waals surface area contributed by atoms with Gasteiger partial charge in [-0.1, -0.05) is 24.5 Å². The van der Waals surface area contributed by atoms with Crippen molar-refractivity contribution in [1.82, 2.24) is 9.97 Å². The van der Waals surface area contributed by atoms with Crippen LogP contribution in [0.2, 0.25) is 0 Å². The van der Waals surface area contributed by atoms with Crippen molar-refractivity contribution < 1.29 is 4.79 Å². The molecule has 2 saturated carbocycles. The summed E-state index contributed by atoms with van der Waals surface area (Å²) >= 11 is 0. The number of pyridine rings is 2. The first kappa shape index (κ1) is 17.0. The number of aryl methyl sites for hydroxylation is 1. The van der Waals surface area contributed by atoms with Crippen LogP contribution in [0.1, 0.15) is 66.8 Å². The fraction of sp³-hybridized carbons (Fsp3) is 0.435. The minimum Gasteiger partial charge on any atom is -0.292 e. The number of hydrogen-bond donors (Lipinski definition) is 0. The van der Waals surface area contributed by atoms with Crippen molar-refractivity contribution in [3.8, 4) is 11.8 Å². The normalized spacial score (nSPS) is 26.8. The van der Waals surface area contributed by atoms with Gasteiger partial charge in [0.05, 0.1) is 0 Å². The summed E-state index contributed by atoms with van der Waals surface area (Å²) in [4.78, 5) is 21.6. The van der Waals surface area contributed by atoms with E-state index in [1.165, 1.54) is 0 Å². The molecule has 2 fully saturated rings. The highest BCUT2D eigenvalue weighted by atomic mass is 16.1. The molecule has 2 bridgehead atoms. The number of aromatic nitrogens is 2. The third-order valence-electron chi connectivity index (χ3n) is 6.04. The van der Waals surface area contributed by atoms with Gasteiger partial charge in [-0.05, 0) is 74.6 Å². The van der Waals surface area contributed by atoms with Crippen LogP contribution in [0.3, 0.4) is 0 Å². The van der Waals surface area contributed by atoms with Gasteiger partial charge in [0, 0.05) is 23.7 Å². The van der Waals surface area contributed by atoms with E-state index in [2.05, 4.69) is 21.8 Å². The molecule has 132 valence electrons. The molecule has 2 aromatic heterocycles. The van der Waals surface area contributed by atoms with Crippen molar-refractivity contribution in [3.05, 3.63) is 59.7 Å². The number of carbonyl (C=O) groups is 1. The van der Waals surface area contributed by atoms with Gasteiger partial charge >= 0.3 is 0 Å². The molecule has 0 aromatic carbocycles. The predicted octanol–water partition coefficient (Wildman–Crippen LogP) is 4.75. The number of Topliss-reactive ketones (excluding diaryl/α,β-unsaturated/α-hetero) is 1. The first-order valence-corrected chi connectivity index (χ1v) is 9.49. The van der Waals surface area contributed by atoms with Gasteiger partial charge in [-0.25, -0.2) is 4.98 Å². The average molecular weight is 344 g/mol. The topological polar surface area (TPSA) is 42.9 Å². The van der Waals surface area contributed by atoms with Gasteiger partial charge in [0.25, 0.3) is 0 Å². The molecule has 2 aliphatic carbocycles. The largest absolute Gasteiger partial charge is 0.292 e. The molecule has 2 unspecified atom stereocenters. The summed E-state index contributed by atoms with van der Waals surface area (Å²) in [6.45, 7) is 1.93. The Kier molecular flexibility index (Phi) is 4.36. The highest BCUT2D eigenvalue weighted by molar-refractivity contribution is 5.94. The predicted molar refractivity (Wildman–Crippen MR) is 102 cm³/mol. The maximum atomic E-state index is 12.8. The molecule has 3 heteroatoms. The molecule has 0 spiro atoms. The van der Waals surface area contributed by atoms with E-state index in [1.54, 1.807) is 6.20 Å². The monoisotopic (exact) mass is 344 g/mol. The molecule has 0 saturated heterocycles. The Morgan fingerprint density at radius 1 is 1.12 bits per heavy atom. The van der Waals surface area contributed by atoms with Crippen LogP contribution in [0.4, 0.5) is 0 Å². The average Bonchev–Trinajstić information content (AvgIpc) is 2.91. The van der Waals surface area contributed by atoms with Crippen molar-refractivity contribution in [3.63, 3.8) is 0 Å². The second-order valence-corrected chi connectivity index (χ2v) is 8.04. The number of nitrogens with zero attached hydrogens (tertiary/aromatic N) is 2. The van der Waals surface area contributed by atoms with Crippen LogP contribution in [0.5, 0.6) is 0 Å². The second-order valence-electron chi connectivity index (χ2n) is 8.04. The van der Waals surface area contributed by atoms with Gasteiger partial charge < -0.3 is 0 Å². The minimum absolute atomic E-state index is 0.0656. The van der Waals surface area contributed by atoms with Gasteiger partial charge in [-0.2, -0.15) is 0 Å². The molecule has 2 heterocycles. The van der Waals surface area contributed by atoms with Crippen molar-refractivity contribution in [1.29, 1.82) is 0 Å². The Bertz CT molecular complexity index is 880. The summed E-state index contributed by atoms with van der Waals surface area (Å²) in [7, 11) is 0. The number of hydrogen-bond acceptors (Lipinski definition) is 3. The van der Waals surface area contributed by atoms with Crippen LogP contribution in [0, 0.1) is 29.6 Å².